The first kappa shape index (κ1) is 29.9. The number of carbonyl (C=O) groups excluding carboxylic acids is 1. The van der Waals surface area contributed by atoms with Crippen molar-refractivity contribution < 1.29 is 32.5 Å². The van der Waals surface area contributed by atoms with Crippen molar-refractivity contribution >= 4 is 18.0 Å². The second-order valence-corrected chi connectivity index (χ2v) is 5.02. The first-order valence-electron chi connectivity index (χ1n) is 6.32. The second kappa shape index (κ2) is 15.8. The molecule has 2 nitrogen and oxygen atoms in total. The summed E-state index contributed by atoms with van der Waals surface area (Å²) in [5.41, 5.74) is 1.83. The number of hydrogen-bond donors (Lipinski definition) is 0. The maximum Gasteiger partial charge on any atom is 0.350 e. The molecule has 0 aromatic heterocycles. The molecule has 0 atom stereocenters. The monoisotopic (exact) mass is 372 g/mol. The van der Waals surface area contributed by atoms with Crippen LogP contribution < -0.4 is 0 Å². The Bertz CT molecular complexity index is 538. The van der Waals surface area contributed by atoms with E-state index in [1.54, 1.807) is 0 Å². The van der Waals surface area contributed by atoms with Crippen LogP contribution in [0.25, 0.3) is 0 Å². The average molecular weight is 372 g/mol. The molecule has 138 valence electrons. The molecule has 0 saturated heterocycles. The number of halogens is 5. The summed E-state index contributed by atoms with van der Waals surface area (Å²) < 4.78 is 5.19. The molecule has 24 heavy (non-hydrogen) atoms. The lowest BCUT2D eigenvalue weighted by molar-refractivity contribution is 0.0768. The summed E-state index contributed by atoms with van der Waals surface area (Å²) in [6, 6.07) is 17.2. The highest BCUT2D eigenvalue weighted by Gasteiger charge is 2.08. The minimum absolute atomic E-state index is 0. The molecule has 0 saturated carbocycles. The Kier molecular flexibility index (Phi) is 19.7. The lowest BCUT2D eigenvalue weighted by Crippen LogP contribution is -1.99. The molecule has 0 amide bonds. The van der Waals surface area contributed by atoms with E-state index in [-0.39, 0.29) is 29.5 Å². The number of hydrogen-bond acceptors (Lipinski definition) is 3. The van der Waals surface area contributed by atoms with Gasteiger partial charge < -0.3 is 4.18 Å². The van der Waals surface area contributed by atoms with Crippen molar-refractivity contribution in [3.8, 4) is 0 Å². The zero-order chi connectivity index (χ0) is 13.5. The molecule has 2 rings (SSSR count). The van der Waals surface area contributed by atoms with Crippen LogP contribution >= 0.6 is 12.0 Å². The molecule has 2 aromatic carbocycles. The molecular formula is C16H21F5O2S. The van der Waals surface area contributed by atoms with E-state index in [0.29, 0.717) is 5.56 Å². The Hall–Kier alpha value is -2.09. The summed E-state index contributed by atoms with van der Waals surface area (Å²) in [5, 5.41) is 0. The second-order valence-electron chi connectivity index (χ2n) is 4.21. The minimum atomic E-state index is -0.308. The Morgan fingerprint density at radius 2 is 1.42 bits per heavy atom. The maximum atomic E-state index is 11.8. The lowest BCUT2D eigenvalue weighted by Gasteiger charge is -2.04. The van der Waals surface area contributed by atoms with Crippen molar-refractivity contribution in [2.75, 3.05) is 0 Å². The van der Waals surface area contributed by atoms with Crippen LogP contribution in [0.4, 0.5) is 23.5 Å². The van der Waals surface area contributed by atoms with Gasteiger partial charge in [0.25, 0.3) is 0 Å². The summed E-state index contributed by atoms with van der Waals surface area (Å²) >= 11 is 1.09. The molecule has 8 heteroatoms. The maximum absolute atomic E-state index is 11.8. The van der Waals surface area contributed by atoms with Crippen molar-refractivity contribution in [1.29, 1.82) is 0 Å². The van der Waals surface area contributed by atoms with Crippen LogP contribution in [0.3, 0.4) is 0 Å². The van der Waals surface area contributed by atoms with E-state index in [1.165, 1.54) is 5.56 Å². The molecule has 0 spiro atoms. The van der Waals surface area contributed by atoms with Crippen LogP contribution in [0.2, 0.25) is 0 Å². The van der Waals surface area contributed by atoms with Crippen molar-refractivity contribution in [2.45, 2.75) is 24.7 Å². The number of rotatable bonds is 5. The molecule has 2 aromatic rings. The minimum Gasteiger partial charge on any atom is -0.382 e. The quantitative estimate of drug-likeness (QED) is 0.529. The van der Waals surface area contributed by atoms with Gasteiger partial charge in [-0.05, 0) is 36.2 Å². The average Bonchev–Trinajstić information content (AvgIpc) is 2.47. The molecule has 0 heterocycles. The molecule has 0 radical (unpaired) electrons. The van der Waals surface area contributed by atoms with E-state index in [4.69, 9.17) is 4.18 Å². The SMILES string of the molecule is CCCc1ccc(C(=O)OSc2ccccc2)cc1.F.F.F.F.F. The smallest absolute Gasteiger partial charge is 0.350 e. The predicted molar refractivity (Wildman–Crippen MR) is 90.7 cm³/mol. The van der Waals surface area contributed by atoms with Crippen LogP contribution in [0.15, 0.2) is 59.5 Å². The molecule has 0 N–H and O–H groups in total. The fourth-order valence-electron chi connectivity index (χ4n) is 1.71. The van der Waals surface area contributed by atoms with Gasteiger partial charge in [-0.3, -0.25) is 23.5 Å². The number of carbonyl (C=O) groups is 1. The zero-order valence-corrected chi connectivity index (χ0v) is 13.7. The van der Waals surface area contributed by atoms with Crippen LogP contribution in [0.1, 0.15) is 29.3 Å². The largest absolute Gasteiger partial charge is 0.382 e. The molecule has 0 aliphatic rings. The molecule has 0 unspecified atom stereocenters. The summed E-state index contributed by atoms with van der Waals surface area (Å²) in [5.74, 6) is -0.308. The van der Waals surface area contributed by atoms with Gasteiger partial charge in [-0.15, -0.1) is 0 Å². The van der Waals surface area contributed by atoms with E-state index >= 15 is 0 Å². The summed E-state index contributed by atoms with van der Waals surface area (Å²) in [6.45, 7) is 2.14. The van der Waals surface area contributed by atoms with Crippen LogP contribution in [0, 0.1) is 0 Å². The normalized spacial score (nSPS) is 8.04. The van der Waals surface area contributed by atoms with E-state index < -0.39 is 0 Å². The van der Waals surface area contributed by atoms with Gasteiger partial charge in [0.1, 0.15) is 0 Å². The third-order valence-corrected chi connectivity index (χ3v) is 3.38. The van der Waals surface area contributed by atoms with Gasteiger partial charge in [0.2, 0.25) is 0 Å². The Balaban J connectivity index is -0.000000400. The highest BCUT2D eigenvalue weighted by molar-refractivity contribution is 7.95. The van der Waals surface area contributed by atoms with Crippen LogP contribution in [-0.4, -0.2) is 5.97 Å². The van der Waals surface area contributed by atoms with Crippen molar-refractivity contribution in [2.24, 2.45) is 0 Å². The Morgan fingerprint density at radius 1 is 0.875 bits per heavy atom. The topological polar surface area (TPSA) is 26.3 Å². The van der Waals surface area contributed by atoms with Gasteiger partial charge in [-0.1, -0.05) is 43.7 Å². The van der Waals surface area contributed by atoms with E-state index in [9.17, 15) is 4.79 Å². The Morgan fingerprint density at radius 3 is 1.92 bits per heavy atom. The van der Waals surface area contributed by atoms with Gasteiger partial charge in [0.05, 0.1) is 17.6 Å². The Labute approximate surface area is 141 Å². The zero-order valence-electron chi connectivity index (χ0n) is 12.9. The van der Waals surface area contributed by atoms with Crippen molar-refractivity contribution in [3.05, 3.63) is 65.7 Å². The van der Waals surface area contributed by atoms with Crippen LogP contribution in [-0.2, 0) is 10.6 Å². The number of aryl methyl sites for hydroxylation is 1. The van der Waals surface area contributed by atoms with E-state index in [0.717, 1.165) is 29.8 Å². The van der Waals surface area contributed by atoms with Gasteiger partial charge in [0, 0.05) is 4.90 Å². The van der Waals surface area contributed by atoms with Crippen LogP contribution in [0.5, 0.6) is 0 Å². The van der Waals surface area contributed by atoms with Crippen molar-refractivity contribution in [1.82, 2.24) is 0 Å². The molecule has 0 fully saturated rings. The predicted octanol–water partition coefficient (Wildman–Crippen LogP) is 5.27. The number of benzene rings is 2. The highest BCUT2D eigenvalue weighted by atomic mass is 32.2. The highest BCUT2D eigenvalue weighted by Crippen LogP contribution is 2.20. The standard InChI is InChI=1S/C16H16O2S.5FH/c1-2-6-13-9-11-14(12-10-13)16(17)18-19-15-7-4-3-5-8-15;;;;;/h3-5,7-12H,2,6H2,1H3;5*1H. The van der Waals surface area contributed by atoms with E-state index in [1.807, 2.05) is 54.6 Å². The molecule has 0 aliphatic heterocycles. The van der Waals surface area contributed by atoms with Gasteiger partial charge in [-0.25, -0.2) is 4.79 Å². The third kappa shape index (κ3) is 9.14. The van der Waals surface area contributed by atoms with Gasteiger partial charge in [-0.2, -0.15) is 0 Å². The first-order valence-corrected chi connectivity index (χ1v) is 7.06. The lowest BCUT2D eigenvalue weighted by atomic mass is 10.1. The van der Waals surface area contributed by atoms with Gasteiger partial charge in [0.15, 0.2) is 0 Å². The van der Waals surface area contributed by atoms with Crippen molar-refractivity contribution in [3.63, 3.8) is 0 Å². The molecule has 0 bridgehead atoms. The third-order valence-electron chi connectivity index (χ3n) is 2.69. The fraction of sp³-hybridized carbons (Fsp3) is 0.188. The summed E-state index contributed by atoms with van der Waals surface area (Å²) in [7, 11) is 0. The van der Waals surface area contributed by atoms with Gasteiger partial charge >= 0.3 is 5.97 Å². The first-order chi connectivity index (χ1) is 9.29. The molecule has 0 aliphatic carbocycles. The molecular weight excluding hydrogens is 351 g/mol. The summed E-state index contributed by atoms with van der Waals surface area (Å²) in [6.07, 6.45) is 2.14. The fourth-order valence-corrected chi connectivity index (χ4v) is 2.24. The summed E-state index contributed by atoms with van der Waals surface area (Å²) in [4.78, 5) is 12.8. The van der Waals surface area contributed by atoms with E-state index in [2.05, 4.69) is 6.92 Å².